The normalized spacial score (nSPS) is 15.6. The summed E-state index contributed by atoms with van der Waals surface area (Å²) in [5.74, 6) is 0.662. The second kappa shape index (κ2) is 7.63. The van der Waals surface area contributed by atoms with Gasteiger partial charge in [-0.2, -0.15) is 0 Å². The first-order chi connectivity index (χ1) is 13.2. The van der Waals surface area contributed by atoms with Crippen LogP contribution in [0.1, 0.15) is 43.9 Å². The number of carbonyl (C=O) groups is 2. The van der Waals surface area contributed by atoms with Crippen LogP contribution in [-0.2, 0) is 22.4 Å². The maximum atomic E-state index is 12.3. The lowest BCUT2D eigenvalue weighted by molar-refractivity contribution is -0.131. The van der Waals surface area contributed by atoms with Gasteiger partial charge in [-0.25, -0.2) is 9.59 Å². The van der Waals surface area contributed by atoms with Gasteiger partial charge < -0.3 is 9.47 Å². The number of ether oxygens (including phenoxy) is 2. The highest BCUT2D eigenvalue weighted by atomic mass is 16.5. The largest absolute Gasteiger partial charge is 0.422 e. The number of aryl methyl sites for hydroxylation is 1. The first-order valence-electron chi connectivity index (χ1n) is 9.52. The molecule has 2 aromatic rings. The molecule has 4 nitrogen and oxygen atoms in total. The van der Waals surface area contributed by atoms with Crippen molar-refractivity contribution >= 4 is 22.7 Å². The summed E-state index contributed by atoms with van der Waals surface area (Å²) in [4.78, 5) is 24.6. The lowest BCUT2D eigenvalue weighted by atomic mass is 9.82. The van der Waals surface area contributed by atoms with Crippen molar-refractivity contribution in [2.45, 2.75) is 47.0 Å². The predicted molar refractivity (Wildman–Crippen MR) is 111 cm³/mol. The van der Waals surface area contributed by atoms with E-state index >= 15 is 0 Å². The van der Waals surface area contributed by atoms with E-state index in [4.69, 9.17) is 9.47 Å². The summed E-state index contributed by atoms with van der Waals surface area (Å²) in [5.41, 5.74) is 3.60. The molecular formula is C24H26O4. The molecule has 2 aromatic carbocycles. The Bertz CT molecular complexity index is 1010. The third-order valence-corrected chi connectivity index (χ3v) is 5.10. The molecule has 146 valence electrons. The summed E-state index contributed by atoms with van der Waals surface area (Å²) in [6, 6.07) is 5.85. The molecule has 28 heavy (non-hydrogen) atoms. The van der Waals surface area contributed by atoms with E-state index in [1.807, 2.05) is 25.1 Å². The molecule has 0 amide bonds. The molecule has 1 unspecified atom stereocenters. The highest BCUT2D eigenvalue weighted by Gasteiger charge is 2.28. The molecule has 1 aliphatic rings. The van der Waals surface area contributed by atoms with Crippen molar-refractivity contribution in [2.75, 3.05) is 0 Å². The smallest absolute Gasteiger partial charge is 0.338 e. The van der Waals surface area contributed by atoms with Crippen LogP contribution in [0.2, 0.25) is 0 Å². The van der Waals surface area contributed by atoms with Crippen molar-refractivity contribution in [3.05, 3.63) is 59.2 Å². The monoisotopic (exact) mass is 378 g/mol. The maximum absolute atomic E-state index is 12.3. The number of rotatable bonds is 4. The van der Waals surface area contributed by atoms with Crippen molar-refractivity contribution in [1.29, 1.82) is 0 Å². The van der Waals surface area contributed by atoms with Gasteiger partial charge in [0.2, 0.25) is 0 Å². The molecule has 0 spiro atoms. The number of hydrogen-bond acceptors (Lipinski definition) is 4. The maximum Gasteiger partial charge on any atom is 0.338 e. The molecule has 3 rings (SSSR count). The van der Waals surface area contributed by atoms with E-state index in [-0.39, 0.29) is 0 Å². The molecule has 0 radical (unpaired) electrons. The Labute approximate surface area is 165 Å². The Kier molecular flexibility index (Phi) is 5.41. The average molecular weight is 378 g/mol. The number of carbonyl (C=O) groups excluding carboxylic acids is 2. The third-order valence-electron chi connectivity index (χ3n) is 5.10. The van der Waals surface area contributed by atoms with Crippen LogP contribution in [0.25, 0.3) is 10.8 Å². The molecule has 1 atom stereocenters. The number of benzene rings is 2. The summed E-state index contributed by atoms with van der Waals surface area (Å²) in [6.45, 7) is 14.8. The molecule has 0 saturated heterocycles. The van der Waals surface area contributed by atoms with Gasteiger partial charge in [0.15, 0.2) is 0 Å². The molecule has 4 heteroatoms. The van der Waals surface area contributed by atoms with Gasteiger partial charge in [0, 0.05) is 33.0 Å². The molecule has 0 bridgehead atoms. The summed E-state index contributed by atoms with van der Waals surface area (Å²) in [7, 11) is 0. The summed E-state index contributed by atoms with van der Waals surface area (Å²) < 4.78 is 11.6. The summed E-state index contributed by atoms with van der Waals surface area (Å²) in [6.07, 6.45) is 2.50. The molecule has 0 saturated carbocycles. The molecule has 0 aliphatic heterocycles. The van der Waals surface area contributed by atoms with Gasteiger partial charge in [0.25, 0.3) is 0 Å². The van der Waals surface area contributed by atoms with Crippen LogP contribution < -0.4 is 9.47 Å². The van der Waals surface area contributed by atoms with Gasteiger partial charge in [-0.15, -0.1) is 0 Å². The highest BCUT2D eigenvalue weighted by Crippen LogP contribution is 2.45. The minimum Gasteiger partial charge on any atom is -0.422 e. The van der Waals surface area contributed by atoms with E-state index in [0.717, 1.165) is 46.7 Å². The fourth-order valence-electron chi connectivity index (χ4n) is 3.56. The van der Waals surface area contributed by atoms with Crippen molar-refractivity contribution in [3.8, 4) is 11.5 Å². The van der Waals surface area contributed by atoms with E-state index < -0.39 is 11.9 Å². The van der Waals surface area contributed by atoms with Gasteiger partial charge in [0.1, 0.15) is 11.5 Å². The standard InChI is InChI=1S/C24H26O4/c1-13(2)23(25)27-21-17-9-7-15(5)11-19(17)22(28-24(26)14(3)4)20-12-16(6)8-10-18(20)21/h7,9,11,16H,1,3,8,10,12H2,2,4-6H3. The van der Waals surface area contributed by atoms with Crippen LogP contribution in [0.15, 0.2) is 42.5 Å². The molecule has 0 heterocycles. The van der Waals surface area contributed by atoms with E-state index in [9.17, 15) is 9.59 Å². The van der Waals surface area contributed by atoms with Crippen molar-refractivity contribution < 1.29 is 19.1 Å². The second-order valence-electron chi connectivity index (χ2n) is 7.85. The molecular weight excluding hydrogens is 352 g/mol. The van der Waals surface area contributed by atoms with Gasteiger partial charge in [-0.3, -0.25) is 0 Å². The number of esters is 2. The zero-order chi connectivity index (χ0) is 20.6. The molecule has 0 aromatic heterocycles. The number of fused-ring (bicyclic) bond motifs is 2. The zero-order valence-electron chi connectivity index (χ0n) is 17.0. The number of hydrogen-bond donors (Lipinski definition) is 0. The van der Waals surface area contributed by atoms with Crippen molar-refractivity contribution in [1.82, 2.24) is 0 Å². The van der Waals surface area contributed by atoms with E-state index in [2.05, 4.69) is 20.1 Å². The second-order valence-corrected chi connectivity index (χ2v) is 7.85. The average Bonchev–Trinajstić information content (AvgIpc) is 2.63. The Morgan fingerprint density at radius 1 is 0.964 bits per heavy atom. The highest BCUT2D eigenvalue weighted by molar-refractivity contribution is 6.01. The van der Waals surface area contributed by atoms with E-state index in [0.29, 0.717) is 28.6 Å². The summed E-state index contributed by atoms with van der Waals surface area (Å²) >= 11 is 0. The SMILES string of the molecule is C=C(C)C(=O)Oc1c2c(c(OC(=O)C(=C)C)c3cc(C)ccc13)CC(C)CC2. The molecule has 1 aliphatic carbocycles. The Balaban J connectivity index is 2.32. The van der Waals surface area contributed by atoms with Crippen LogP contribution in [0.3, 0.4) is 0 Å². The fraction of sp³-hybridized carbons (Fsp3) is 0.333. The van der Waals surface area contributed by atoms with E-state index in [1.54, 1.807) is 13.8 Å². The first-order valence-corrected chi connectivity index (χ1v) is 9.52. The zero-order valence-corrected chi connectivity index (χ0v) is 17.0. The van der Waals surface area contributed by atoms with Gasteiger partial charge in [-0.1, -0.05) is 37.8 Å². The lowest BCUT2D eigenvalue weighted by Crippen LogP contribution is -2.19. The molecule has 0 fully saturated rings. The van der Waals surface area contributed by atoms with Crippen LogP contribution in [-0.4, -0.2) is 11.9 Å². The van der Waals surface area contributed by atoms with Crippen molar-refractivity contribution in [2.24, 2.45) is 5.92 Å². The van der Waals surface area contributed by atoms with E-state index in [1.165, 1.54) is 0 Å². The third kappa shape index (κ3) is 3.72. The fourth-order valence-corrected chi connectivity index (χ4v) is 3.56. The van der Waals surface area contributed by atoms with Crippen LogP contribution in [0.4, 0.5) is 0 Å². The van der Waals surface area contributed by atoms with Gasteiger partial charge in [0.05, 0.1) is 0 Å². The predicted octanol–water partition coefficient (Wildman–Crippen LogP) is 5.24. The minimum absolute atomic E-state index is 0.343. The summed E-state index contributed by atoms with van der Waals surface area (Å²) in [5, 5.41) is 1.53. The van der Waals surface area contributed by atoms with Crippen molar-refractivity contribution in [3.63, 3.8) is 0 Å². The first kappa shape index (κ1) is 19.9. The van der Waals surface area contributed by atoms with Crippen LogP contribution in [0.5, 0.6) is 11.5 Å². The minimum atomic E-state index is -0.450. The Morgan fingerprint density at radius 3 is 2.11 bits per heavy atom. The van der Waals surface area contributed by atoms with Crippen LogP contribution in [0, 0.1) is 12.8 Å². The molecule has 0 N–H and O–H groups in total. The van der Waals surface area contributed by atoms with Gasteiger partial charge in [-0.05, 0) is 52.0 Å². The Morgan fingerprint density at radius 2 is 1.54 bits per heavy atom. The quantitative estimate of drug-likeness (QED) is 0.415. The lowest BCUT2D eigenvalue weighted by Gasteiger charge is -2.27. The van der Waals surface area contributed by atoms with Crippen LogP contribution >= 0.6 is 0 Å². The Hall–Kier alpha value is -2.88. The van der Waals surface area contributed by atoms with Gasteiger partial charge >= 0.3 is 11.9 Å². The topological polar surface area (TPSA) is 52.6 Å².